The molecular formula is C15H18Cl2N4O3. The molecule has 1 fully saturated rings. The average Bonchev–Trinajstić information content (AvgIpc) is 2.57. The van der Waals surface area contributed by atoms with Crippen molar-refractivity contribution in [3.05, 3.63) is 42.6 Å². The molecule has 1 aromatic heterocycles. The van der Waals surface area contributed by atoms with Gasteiger partial charge >= 0.3 is 0 Å². The Labute approximate surface area is 152 Å². The van der Waals surface area contributed by atoms with E-state index in [0.717, 1.165) is 0 Å². The second kappa shape index (κ2) is 10.0. The summed E-state index contributed by atoms with van der Waals surface area (Å²) in [5.74, 6) is 0.843. The molecule has 0 bridgehead atoms. The van der Waals surface area contributed by atoms with Crippen LogP contribution < -0.4 is 15.4 Å². The fourth-order valence-electron chi connectivity index (χ4n) is 2.06. The first-order valence-corrected chi connectivity index (χ1v) is 6.99. The third kappa shape index (κ3) is 5.61. The standard InChI is InChI=1S/C15H16N4O3.2ClH/c20-15(13-10-21-8-7-16-13)18-11-3-1-4-12(9-11)22-14-5-2-6-17-19-14;;/h1-6,9,13,16H,7-8,10H2,(H,18,20);2*1H. The van der Waals surface area contributed by atoms with Crippen LogP contribution in [0.3, 0.4) is 0 Å². The maximum Gasteiger partial charge on any atom is 0.243 e. The van der Waals surface area contributed by atoms with E-state index < -0.39 is 0 Å². The zero-order valence-electron chi connectivity index (χ0n) is 12.7. The van der Waals surface area contributed by atoms with Gasteiger partial charge in [0.15, 0.2) is 0 Å². The maximum absolute atomic E-state index is 12.1. The van der Waals surface area contributed by atoms with Crippen LogP contribution in [0.5, 0.6) is 11.6 Å². The van der Waals surface area contributed by atoms with E-state index in [-0.39, 0.29) is 36.8 Å². The first-order valence-electron chi connectivity index (χ1n) is 6.99. The minimum Gasteiger partial charge on any atom is -0.437 e. The third-order valence-corrected chi connectivity index (χ3v) is 3.11. The number of nitrogens with zero attached hydrogens (tertiary/aromatic N) is 2. The van der Waals surface area contributed by atoms with Gasteiger partial charge in [0, 0.05) is 30.6 Å². The number of hydrogen-bond donors (Lipinski definition) is 2. The van der Waals surface area contributed by atoms with Gasteiger partial charge in [-0.15, -0.1) is 29.9 Å². The second-order valence-electron chi connectivity index (χ2n) is 4.76. The van der Waals surface area contributed by atoms with Crippen molar-refractivity contribution in [1.29, 1.82) is 0 Å². The summed E-state index contributed by atoms with van der Waals surface area (Å²) in [4.78, 5) is 12.1. The van der Waals surface area contributed by atoms with E-state index in [4.69, 9.17) is 9.47 Å². The Balaban J connectivity index is 0.00000144. The highest BCUT2D eigenvalue weighted by molar-refractivity contribution is 5.95. The molecule has 0 saturated carbocycles. The highest BCUT2D eigenvalue weighted by Crippen LogP contribution is 2.22. The van der Waals surface area contributed by atoms with Gasteiger partial charge in [-0.1, -0.05) is 6.07 Å². The zero-order valence-corrected chi connectivity index (χ0v) is 14.3. The number of amides is 1. The fourth-order valence-corrected chi connectivity index (χ4v) is 2.06. The number of morpholine rings is 1. The molecule has 3 rings (SSSR count). The van der Waals surface area contributed by atoms with E-state index in [2.05, 4.69) is 20.8 Å². The summed E-state index contributed by atoms with van der Waals surface area (Å²) in [6.07, 6.45) is 1.57. The Kier molecular flexibility index (Phi) is 8.42. The van der Waals surface area contributed by atoms with E-state index in [1.807, 2.05) is 0 Å². The minimum absolute atomic E-state index is 0. The molecule has 1 saturated heterocycles. The smallest absolute Gasteiger partial charge is 0.243 e. The summed E-state index contributed by atoms with van der Waals surface area (Å²) < 4.78 is 10.9. The van der Waals surface area contributed by atoms with Gasteiger partial charge in [-0.05, 0) is 18.2 Å². The van der Waals surface area contributed by atoms with Gasteiger partial charge in [0.1, 0.15) is 11.8 Å². The zero-order chi connectivity index (χ0) is 15.2. The molecule has 0 radical (unpaired) electrons. The number of rotatable bonds is 4. The number of aromatic nitrogens is 2. The Morgan fingerprint density at radius 3 is 2.88 bits per heavy atom. The van der Waals surface area contributed by atoms with E-state index in [9.17, 15) is 4.79 Å². The number of benzene rings is 1. The lowest BCUT2D eigenvalue weighted by Crippen LogP contribution is -2.48. The highest BCUT2D eigenvalue weighted by Gasteiger charge is 2.21. The lowest BCUT2D eigenvalue weighted by molar-refractivity contribution is -0.120. The SMILES string of the molecule is Cl.Cl.O=C(Nc1cccc(Oc2cccnn2)c1)C1COCCN1. The van der Waals surface area contributed by atoms with Crippen LogP contribution in [0.1, 0.15) is 0 Å². The Hall–Kier alpha value is -1.93. The van der Waals surface area contributed by atoms with Crippen molar-refractivity contribution in [2.24, 2.45) is 0 Å². The van der Waals surface area contributed by atoms with Gasteiger partial charge in [-0.2, -0.15) is 5.10 Å². The molecule has 2 N–H and O–H groups in total. The van der Waals surface area contributed by atoms with Crippen molar-refractivity contribution >= 4 is 36.4 Å². The van der Waals surface area contributed by atoms with Crippen molar-refractivity contribution in [1.82, 2.24) is 15.5 Å². The number of carbonyl (C=O) groups is 1. The van der Waals surface area contributed by atoms with Crippen LogP contribution in [0.2, 0.25) is 0 Å². The van der Waals surface area contributed by atoms with Crippen LogP contribution in [-0.2, 0) is 9.53 Å². The summed E-state index contributed by atoms with van der Waals surface area (Å²) in [5, 5.41) is 13.5. The first-order chi connectivity index (χ1) is 10.8. The minimum atomic E-state index is -0.335. The summed E-state index contributed by atoms with van der Waals surface area (Å²) >= 11 is 0. The number of anilines is 1. The van der Waals surface area contributed by atoms with Crippen molar-refractivity contribution < 1.29 is 14.3 Å². The van der Waals surface area contributed by atoms with Crippen LogP contribution >= 0.6 is 24.8 Å². The second-order valence-corrected chi connectivity index (χ2v) is 4.76. The molecule has 2 heterocycles. The molecule has 1 unspecified atom stereocenters. The third-order valence-electron chi connectivity index (χ3n) is 3.11. The molecule has 2 aromatic rings. The quantitative estimate of drug-likeness (QED) is 0.853. The van der Waals surface area contributed by atoms with Crippen molar-refractivity contribution in [2.75, 3.05) is 25.1 Å². The summed E-state index contributed by atoms with van der Waals surface area (Å²) in [6, 6.07) is 10.2. The normalized spacial score (nSPS) is 16.2. The van der Waals surface area contributed by atoms with Crippen molar-refractivity contribution in [3.8, 4) is 11.6 Å². The number of carbonyl (C=O) groups excluding carboxylic acids is 1. The number of halogens is 2. The maximum atomic E-state index is 12.1. The monoisotopic (exact) mass is 372 g/mol. The Bertz CT molecular complexity index is 640. The van der Waals surface area contributed by atoms with E-state index >= 15 is 0 Å². The predicted molar refractivity (Wildman–Crippen MR) is 94.3 cm³/mol. The fraction of sp³-hybridized carbons (Fsp3) is 0.267. The Morgan fingerprint density at radius 1 is 1.29 bits per heavy atom. The molecule has 1 aromatic carbocycles. The molecule has 1 atom stereocenters. The molecule has 1 amide bonds. The lowest BCUT2D eigenvalue weighted by atomic mass is 10.2. The molecule has 0 aliphatic carbocycles. The molecule has 1 aliphatic heterocycles. The Morgan fingerprint density at radius 2 is 2.17 bits per heavy atom. The van der Waals surface area contributed by atoms with Crippen molar-refractivity contribution in [3.63, 3.8) is 0 Å². The van der Waals surface area contributed by atoms with Crippen molar-refractivity contribution in [2.45, 2.75) is 6.04 Å². The van der Waals surface area contributed by atoms with Crippen LogP contribution in [0.4, 0.5) is 5.69 Å². The first kappa shape index (κ1) is 20.1. The highest BCUT2D eigenvalue weighted by atomic mass is 35.5. The molecule has 24 heavy (non-hydrogen) atoms. The van der Waals surface area contributed by atoms with Gasteiger partial charge in [0.2, 0.25) is 11.8 Å². The van der Waals surface area contributed by atoms with E-state index in [1.54, 1.807) is 42.6 Å². The molecular weight excluding hydrogens is 355 g/mol. The van der Waals surface area contributed by atoms with E-state index in [0.29, 0.717) is 37.1 Å². The van der Waals surface area contributed by atoms with Crippen LogP contribution in [0, 0.1) is 0 Å². The van der Waals surface area contributed by atoms with Gasteiger partial charge < -0.3 is 20.1 Å². The summed E-state index contributed by atoms with van der Waals surface area (Å²) in [5.41, 5.74) is 0.652. The average molecular weight is 373 g/mol. The summed E-state index contributed by atoms with van der Waals surface area (Å²) in [6.45, 7) is 1.68. The number of nitrogens with one attached hydrogen (secondary N) is 2. The lowest BCUT2D eigenvalue weighted by Gasteiger charge is -2.22. The summed E-state index contributed by atoms with van der Waals surface area (Å²) in [7, 11) is 0. The predicted octanol–water partition coefficient (Wildman–Crippen LogP) is 2.04. The van der Waals surface area contributed by atoms with Crippen LogP contribution in [0.15, 0.2) is 42.6 Å². The van der Waals surface area contributed by atoms with Crippen LogP contribution in [0.25, 0.3) is 0 Å². The van der Waals surface area contributed by atoms with Gasteiger partial charge in [-0.3, -0.25) is 4.79 Å². The molecule has 7 nitrogen and oxygen atoms in total. The largest absolute Gasteiger partial charge is 0.437 e. The number of ether oxygens (including phenoxy) is 2. The molecule has 0 spiro atoms. The molecule has 1 aliphatic rings. The van der Waals surface area contributed by atoms with Gasteiger partial charge in [0.05, 0.1) is 13.2 Å². The van der Waals surface area contributed by atoms with E-state index in [1.165, 1.54) is 0 Å². The topological polar surface area (TPSA) is 85.4 Å². The van der Waals surface area contributed by atoms with Gasteiger partial charge in [-0.25, -0.2) is 0 Å². The van der Waals surface area contributed by atoms with Crippen LogP contribution in [-0.4, -0.2) is 41.9 Å². The number of hydrogen-bond acceptors (Lipinski definition) is 6. The molecule has 130 valence electrons. The molecule has 9 heteroatoms. The van der Waals surface area contributed by atoms with Gasteiger partial charge in [0.25, 0.3) is 0 Å².